The second-order valence-corrected chi connectivity index (χ2v) is 8.26. The van der Waals surface area contributed by atoms with Gasteiger partial charge in [-0.25, -0.2) is 0 Å². The van der Waals surface area contributed by atoms with Gasteiger partial charge in [-0.05, 0) is 22.3 Å². The van der Waals surface area contributed by atoms with Crippen LogP contribution in [0.1, 0.15) is 23.6 Å². The molecule has 2 nitrogen and oxygen atoms in total. The lowest BCUT2D eigenvalue weighted by Crippen LogP contribution is -2.56. The highest BCUT2D eigenvalue weighted by Crippen LogP contribution is 2.69. The molecule has 0 saturated carbocycles. The molecule has 0 radical (unpaired) electrons. The molecule has 2 saturated heterocycles. The monoisotopic (exact) mass is 365 g/mol. The van der Waals surface area contributed by atoms with Crippen molar-refractivity contribution in [1.29, 1.82) is 0 Å². The zero-order valence-electron chi connectivity index (χ0n) is 15.9. The Hall–Kier alpha value is -2.68. The summed E-state index contributed by atoms with van der Waals surface area (Å²) >= 11 is 0. The van der Waals surface area contributed by atoms with Crippen molar-refractivity contribution in [2.24, 2.45) is 11.8 Å². The van der Waals surface area contributed by atoms with Crippen molar-refractivity contribution in [3.63, 3.8) is 0 Å². The molecule has 0 unspecified atom stereocenters. The smallest absolute Gasteiger partial charge is 0.128 e. The van der Waals surface area contributed by atoms with E-state index < -0.39 is 5.60 Å². The number of hydrogen-bond donors (Lipinski definition) is 1. The van der Waals surface area contributed by atoms with E-state index in [2.05, 4.69) is 109 Å². The molecule has 0 spiro atoms. The molecule has 0 aromatic heterocycles. The molecule has 28 heavy (non-hydrogen) atoms. The van der Waals surface area contributed by atoms with Crippen LogP contribution in [0.2, 0.25) is 0 Å². The first-order valence-corrected chi connectivity index (χ1v) is 10.1. The average Bonchev–Trinajstić information content (AvgIpc) is 3.32. The molecule has 1 aliphatic carbocycles. The van der Waals surface area contributed by atoms with E-state index in [0.29, 0.717) is 11.8 Å². The second kappa shape index (κ2) is 5.66. The Kier molecular flexibility index (Phi) is 3.30. The largest absolute Gasteiger partial charge is 0.349 e. The molecule has 2 heteroatoms. The SMILES string of the molecule is C[C@H]1[C@@H]2N[C@]3(c4ccccc4)C=C(c4ccccc4)[C@H]1[C@]3(c1ccccc1)O2. The zero-order chi connectivity index (χ0) is 18.8. The van der Waals surface area contributed by atoms with Crippen molar-refractivity contribution in [1.82, 2.24) is 5.32 Å². The number of fused-ring (bicyclic) bond motifs is 1. The lowest BCUT2D eigenvalue weighted by atomic mass is 9.64. The van der Waals surface area contributed by atoms with E-state index in [9.17, 15) is 0 Å². The summed E-state index contributed by atoms with van der Waals surface area (Å²) in [5.41, 5.74) is 4.43. The second-order valence-electron chi connectivity index (χ2n) is 8.26. The topological polar surface area (TPSA) is 21.3 Å². The van der Waals surface area contributed by atoms with Gasteiger partial charge in [-0.2, -0.15) is 0 Å². The molecular weight excluding hydrogens is 342 g/mol. The maximum atomic E-state index is 6.89. The van der Waals surface area contributed by atoms with Crippen LogP contribution in [0.5, 0.6) is 0 Å². The van der Waals surface area contributed by atoms with Gasteiger partial charge in [0.2, 0.25) is 0 Å². The predicted molar refractivity (Wildman–Crippen MR) is 111 cm³/mol. The maximum Gasteiger partial charge on any atom is 0.128 e. The number of hydrogen-bond acceptors (Lipinski definition) is 2. The summed E-state index contributed by atoms with van der Waals surface area (Å²) in [6.07, 6.45) is 2.50. The van der Waals surface area contributed by atoms with E-state index in [1.807, 2.05) is 0 Å². The quantitative estimate of drug-likeness (QED) is 0.698. The highest BCUT2D eigenvalue weighted by molar-refractivity contribution is 5.77. The lowest BCUT2D eigenvalue weighted by molar-refractivity contribution is -0.0228. The average molecular weight is 365 g/mol. The summed E-state index contributed by atoms with van der Waals surface area (Å²) in [7, 11) is 0. The van der Waals surface area contributed by atoms with Gasteiger partial charge in [-0.3, -0.25) is 5.32 Å². The van der Waals surface area contributed by atoms with Crippen LogP contribution >= 0.6 is 0 Å². The van der Waals surface area contributed by atoms with Crippen molar-refractivity contribution >= 4 is 5.57 Å². The maximum absolute atomic E-state index is 6.89. The summed E-state index contributed by atoms with van der Waals surface area (Å²) < 4.78 is 6.89. The Bertz CT molecular complexity index is 1050. The van der Waals surface area contributed by atoms with Crippen LogP contribution in [0.25, 0.3) is 5.57 Å². The van der Waals surface area contributed by atoms with Gasteiger partial charge < -0.3 is 4.74 Å². The Labute approximate surface area is 165 Å². The fourth-order valence-corrected chi connectivity index (χ4v) is 5.87. The minimum Gasteiger partial charge on any atom is -0.349 e. The van der Waals surface area contributed by atoms with Gasteiger partial charge in [0.15, 0.2) is 0 Å². The number of ether oxygens (including phenoxy) is 1. The number of rotatable bonds is 3. The predicted octanol–water partition coefficient (Wildman–Crippen LogP) is 5.09. The van der Waals surface area contributed by atoms with Crippen LogP contribution in [0.3, 0.4) is 0 Å². The van der Waals surface area contributed by atoms with Gasteiger partial charge in [-0.1, -0.05) is 104 Å². The third-order valence-electron chi connectivity index (χ3n) is 6.96. The Balaban J connectivity index is 1.66. The summed E-state index contributed by atoms with van der Waals surface area (Å²) in [6, 6.07) is 32.4. The van der Waals surface area contributed by atoms with Crippen LogP contribution in [-0.2, 0) is 15.9 Å². The third kappa shape index (κ3) is 1.85. The van der Waals surface area contributed by atoms with E-state index in [-0.39, 0.29) is 11.8 Å². The zero-order valence-corrected chi connectivity index (χ0v) is 15.9. The molecule has 2 bridgehead atoms. The molecule has 6 rings (SSSR count). The molecule has 0 amide bonds. The fourth-order valence-electron chi connectivity index (χ4n) is 5.87. The molecule has 2 heterocycles. The molecule has 138 valence electrons. The highest BCUT2D eigenvalue weighted by atomic mass is 16.5. The van der Waals surface area contributed by atoms with Gasteiger partial charge in [-0.15, -0.1) is 0 Å². The van der Waals surface area contributed by atoms with Gasteiger partial charge in [0.25, 0.3) is 0 Å². The van der Waals surface area contributed by atoms with Gasteiger partial charge in [0, 0.05) is 11.8 Å². The van der Waals surface area contributed by atoms with E-state index in [1.54, 1.807) is 0 Å². The van der Waals surface area contributed by atoms with Gasteiger partial charge in [0.05, 0.1) is 5.54 Å². The van der Waals surface area contributed by atoms with E-state index in [1.165, 1.54) is 22.3 Å². The van der Waals surface area contributed by atoms with Crippen molar-refractivity contribution in [3.8, 4) is 0 Å². The van der Waals surface area contributed by atoms with Gasteiger partial charge >= 0.3 is 0 Å². The minimum atomic E-state index is -0.426. The number of nitrogens with one attached hydrogen (secondary N) is 1. The van der Waals surface area contributed by atoms with Crippen molar-refractivity contribution in [2.75, 3.05) is 0 Å². The van der Waals surface area contributed by atoms with Crippen LogP contribution in [0.15, 0.2) is 97.1 Å². The van der Waals surface area contributed by atoms with Gasteiger partial charge in [0.1, 0.15) is 11.8 Å². The van der Waals surface area contributed by atoms with Crippen molar-refractivity contribution < 1.29 is 4.74 Å². The third-order valence-corrected chi connectivity index (χ3v) is 6.96. The first-order valence-electron chi connectivity index (χ1n) is 10.1. The standard InChI is InChI=1S/C26H23NO/c1-18-23-22(19-11-5-2-6-12-19)17-25(20-13-7-3-8-14-20)26(23,28-24(18)27-25)21-15-9-4-10-16-21/h2-18,23-24,27H,1H3/t18-,23+,24-,25+,26+/m1/s1. The summed E-state index contributed by atoms with van der Waals surface area (Å²) in [5.74, 6) is 0.703. The summed E-state index contributed by atoms with van der Waals surface area (Å²) in [4.78, 5) is 0. The molecule has 2 fully saturated rings. The highest BCUT2D eigenvalue weighted by Gasteiger charge is 2.74. The summed E-state index contributed by atoms with van der Waals surface area (Å²) in [5, 5.41) is 3.90. The van der Waals surface area contributed by atoms with Crippen LogP contribution in [0.4, 0.5) is 0 Å². The number of piperidine rings is 1. The van der Waals surface area contributed by atoms with E-state index >= 15 is 0 Å². The molecular formula is C26H23NO. The normalized spacial score (nSPS) is 35.2. The summed E-state index contributed by atoms with van der Waals surface area (Å²) in [6.45, 7) is 2.32. The molecule has 3 aromatic carbocycles. The molecule has 2 aliphatic heterocycles. The Morgan fingerprint density at radius 2 is 1.32 bits per heavy atom. The molecule has 3 aromatic rings. The fraction of sp³-hybridized carbons (Fsp3) is 0.231. The Morgan fingerprint density at radius 3 is 1.96 bits per heavy atom. The number of benzene rings is 3. The van der Waals surface area contributed by atoms with E-state index in [4.69, 9.17) is 4.74 Å². The first-order chi connectivity index (χ1) is 13.8. The minimum absolute atomic E-state index is 0.0443. The molecule has 3 aliphatic rings. The lowest BCUT2D eigenvalue weighted by Gasteiger charge is -2.44. The Morgan fingerprint density at radius 1 is 0.750 bits per heavy atom. The van der Waals surface area contributed by atoms with Crippen LogP contribution in [0, 0.1) is 11.8 Å². The van der Waals surface area contributed by atoms with E-state index in [0.717, 1.165) is 0 Å². The van der Waals surface area contributed by atoms with Crippen molar-refractivity contribution in [2.45, 2.75) is 24.3 Å². The van der Waals surface area contributed by atoms with Crippen LogP contribution in [-0.4, -0.2) is 6.23 Å². The molecule has 1 N–H and O–H groups in total. The first kappa shape index (κ1) is 16.3. The van der Waals surface area contributed by atoms with Crippen LogP contribution < -0.4 is 5.32 Å². The molecule has 5 atom stereocenters. The van der Waals surface area contributed by atoms with Crippen molar-refractivity contribution in [3.05, 3.63) is 114 Å².